The van der Waals surface area contributed by atoms with Crippen LogP contribution >= 0.6 is 0 Å². The number of hydrogen-bond donors (Lipinski definition) is 2. The maximum absolute atomic E-state index is 12.0. The summed E-state index contributed by atoms with van der Waals surface area (Å²) in [6.45, 7) is -0.0155. The van der Waals surface area contributed by atoms with Crippen LogP contribution < -0.4 is 10.1 Å². The number of para-hydroxylation sites is 1. The van der Waals surface area contributed by atoms with Crippen LogP contribution in [-0.2, 0) is 4.79 Å². The lowest BCUT2D eigenvalue weighted by atomic mass is 10.3. The number of imidazole rings is 1. The molecule has 1 heterocycles. The first-order valence-corrected chi connectivity index (χ1v) is 7.75. The number of anilines is 1. The molecule has 1 aliphatic rings. The molecule has 0 unspecified atom stereocenters. The van der Waals surface area contributed by atoms with Crippen LogP contribution in [0.2, 0.25) is 0 Å². The van der Waals surface area contributed by atoms with E-state index in [4.69, 9.17) is 4.74 Å². The minimum absolute atomic E-state index is 0.0155. The molecule has 1 amide bonds. The Balaban J connectivity index is 1.41. The zero-order valence-corrected chi connectivity index (χ0v) is 12.6. The number of H-pyrrole nitrogens is 1. The molecule has 5 heteroatoms. The van der Waals surface area contributed by atoms with E-state index < -0.39 is 0 Å². The van der Waals surface area contributed by atoms with Crippen LogP contribution in [0.3, 0.4) is 0 Å². The van der Waals surface area contributed by atoms with Crippen molar-refractivity contribution in [2.24, 2.45) is 0 Å². The number of rotatable bonds is 5. The van der Waals surface area contributed by atoms with Gasteiger partial charge in [0.2, 0.25) is 0 Å². The van der Waals surface area contributed by atoms with Crippen LogP contribution in [0.4, 0.5) is 5.69 Å². The number of hydrogen-bond acceptors (Lipinski definition) is 3. The number of carbonyl (C=O) groups excluding carboxylic acids is 1. The smallest absolute Gasteiger partial charge is 0.262 e. The second-order valence-electron chi connectivity index (χ2n) is 5.78. The lowest BCUT2D eigenvalue weighted by Crippen LogP contribution is -2.20. The molecule has 2 N–H and O–H groups in total. The molecule has 4 rings (SSSR count). The normalized spacial score (nSPS) is 13.9. The van der Waals surface area contributed by atoms with Gasteiger partial charge >= 0.3 is 0 Å². The fourth-order valence-corrected chi connectivity index (χ4v) is 2.52. The summed E-state index contributed by atoms with van der Waals surface area (Å²) < 4.78 is 5.44. The van der Waals surface area contributed by atoms with E-state index in [1.165, 1.54) is 12.8 Å². The van der Waals surface area contributed by atoms with Crippen LogP contribution in [0.25, 0.3) is 11.0 Å². The molecule has 0 radical (unpaired) electrons. The summed E-state index contributed by atoms with van der Waals surface area (Å²) in [4.78, 5) is 19.9. The first-order chi connectivity index (χ1) is 11.3. The Labute approximate surface area is 133 Å². The summed E-state index contributed by atoms with van der Waals surface area (Å²) in [5, 5.41) is 2.85. The highest BCUT2D eigenvalue weighted by molar-refractivity contribution is 5.94. The van der Waals surface area contributed by atoms with Crippen molar-refractivity contribution in [2.45, 2.75) is 18.8 Å². The van der Waals surface area contributed by atoms with Gasteiger partial charge in [0, 0.05) is 11.6 Å². The predicted molar refractivity (Wildman–Crippen MR) is 88.6 cm³/mol. The zero-order chi connectivity index (χ0) is 15.6. The Morgan fingerprint density at radius 1 is 1.22 bits per heavy atom. The number of aromatic nitrogens is 2. The third-order valence-corrected chi connectivity index (χ3v) is 3.86. The lowest BCUT2D eigenvalue weighted by molar-refractivity contribution is -0.118. The van der Waals surface area contributed by atoms with Crippen LogP contribution in [0.15, 0.2) is 48.5 Å². The van der Waals surface area contributed by atoms with E-state index in [0.717, 1.165) is 22.5 Å². The first-order valence-electron chi connectivity index (χ1n) is 7.75. The predicted octanol–water partition coefficient (Wildman–Crippen LogP) is 3.46. The maximum Gasteiger partial charge on any atom is 0.262 e. The molecule has 116 valence electrons. The SMILES string of the molecule is O=C(COc1ccccc1)Nc1ccc2nc(C3CC3)[nH]c2c1. The van der Waals surface area contributed by atoms with Gasteiger partial charge in [0.25, 0.3) is 5.91 Å². The molecular weight excluding hydrogens is 290 g/mol. The van der Waals surface area contributed by atoms with Crippen molar-refractivity contribution in [3.05, 3.63) is 54.4 Å². The second kappa shape index (κ2) is 5.76. The number of ether oxygens (including phenoxy) is 1. The molecule has 2 aromatic carbocycles. The number of fused-ring (bicyclic) bond motifs is 1. The van der Waals surface area contributed by atoms with Gasteiger partial charge in [-0.05, 0) is 43.2 Å². The monoisotopic (exact) mass is 307 g/mol. The zero-order valence-electron chi connectivity index (χ0n) is 12.6. The number of amides is 1. The maximum atomic E-state index is 12.0. The Morgan fingerprint density at radius 2 is 2.04 bits per heavy atom. The molecular formula is C18H17N3O2. The Morgan fingerprint density at radius 3 is 2.83 bits per heavy atom. The van der Waals surface area contributed by atoms with Gasteiger partial charge in [-0.25, -0.2) is 4.98 Å². The van der Waals surface area contributed by atoms with Crippen molar-refractivity contribution >= 4 is 22.6 Å². The van der Waals surface area contributed by atoms with Gasteiger partial charge in [0.15, 0.2) is 6.61 Å². The minimum atomic E-state index is -0.185. The molecule has 0 spiro atoms. The van der Waals surface area contributed by atoms with Crippen molar-refractivity contribution < 1.29 is 9.53 Å². The third kappa shape index (κ3) is 3.18. The number of nitrogens with zero attached hydrogens (tertiary/aromatic N) is 1. The van der Waals surface area contributed by atoms with Crippen LogP contribution in [0.5, 0.6) is 5.75 Å². The molecule has 1 aliphatic carbocycles. The molecule has 1 fully saturated rings. The van der Waals surface area contributed by atoms with Crippen molar-refractivity contribution in [2.75, 3.05) is 11.9 Å². The largest absolute Gasteiger partial charge is 0.484 e. The number of carbonyl (C=O) groups is 1. The Kier molecular flexibility index (Phi) is 3.46. The number of nitrogens with one attached hydrogen (secondary N) is 2. The summed E-state index contributed by atoms with van der Waals surface area (Å²) in [5.74, 6) is 2.13. The average Bonchev–Trinajstić information content (AvgIpc) is 3.34. The third-order valence-electron chi connectivity index (χ3n) is 3.86. The van der Waals surface area contributed by atoms with Crippen molar-refractivity contribution in [3.8, 4) is 5.75 Å². The summed E-state index contributed by atoms with van der Waals surface area (Å²) in [5.41, 5.74) is 2.63. The molecule has 3 aromatic rings. The van der Waals surface area contributed by atoms with E-state index in [1.807, 2.05) is 48.5 Å². The Bertz CT molecular complexity index is 838. The van der Waals surface area contributed by atoms with Crippen molar-refractivity contribution in [1.29, 1.82) is 0 Å². The van der Waals surface area contributed by atoms with Crippen molar-refractivity contribution in [1.82, 2.24) is 9.97 Å². The summed E-state index contributed by atoms with van der Waals surface area (Å²) in [7, 11) is 0. The molecule has 0 atom stereocenters. The molecule has 1 saturated carbocycles. The van der Waals surface area contributed by atoms with Crippen molar-refractivity contribution in [3.63, 3.8) is 0 Å². The Hall–Kier alpha value is -2.82. The van der Waals surface area contributed by atoms with E-state index in [2.05, 4.69) is 15.3 Å². The first kappa shape index (κ1) is 13.8. The van der Waals surface area contributed by atoms with Crippen LogP contribution in [0, 0.1) is 0 Å². The van der Waals surface area contributed by atoms with Gasteiger partial charge in [0.05, 0.1) is 11.0 Å². The fraction of sp³-hybridized carbons (Fsp3) is 0.222. The summed E-state index contributed by atoms with van der Waals surface area (Å²) >= 11 is 0. The van der Waals surface area contributed by atoms with E-state index in [9.17, 15) is 4.79 Å². The van der Waals surface area contributed by atoms with Gasteiger partial charge in [-0.3, -0.25) is 4.79 Å². The fourth-order valence-electron chi connectivity index (χ4n) is 2.52. The quantitative estimate of drug-likeness (QED) is 0.758. The van der Waals surface area contributed by atoms with Gasteiger partial charge in [0.1, 0.15) is 11.6 Å². The van der Waals surface area contributed by atoms with Crippen LogP contribution in [-0.4, -0.2) is 22.5 Å². The van der Waals surface area contributed by atoms with Crippen LogP contribution in [0.1, 0.15) is 24.6 Å². The standard InChI is InChI=1S/C18H17N3O2/c22-17(11-23-14-4-2-1-3-5-14)19-13-8-9-15-16(10-13)21-18(20-15)12-6-7-12/h1-5,8-10,12H,6-7,11H2,(H,19,22)(H,20,21). The lowest BCUT2D eigenvalue weighted by Gasteiger charge is -2.07. The number of benzene rings is 2. The minimum Gasteiger partial charge on any atom is -0.484 e. The number of aromatic amines is 1. The van der Waals surface area contributed by atoms with Gasteiger partial charge in [-0.2, -0.15) is 0 Å². The van der Waals surface area contributed by atoms with Gasteiger partial charge in [-0.1, -0.05) is 18.2 Å². The van der Waals surface area contributed by atoms with Gasteiger partial charge < -0.3 is 15.0 Å². The van der Waals surface area contributed by atoms with E-state index in [-0.39, 0.29) is 12.5 Å². The summed E-state index contributed by atoms with van der Waals surface area (Å²) in [6, 6.07) is 15.0. The van der Waals surface area contributed by atoms with Gasteiger partial charge in [-0.15, -0.1) is 0 Å². The molecule has 5 nitrogen and oxygen atoms in total. The molecule has 23 heavy (non-hydrogen) atoms. The highest BCUT2D eigenvalue weighted by atomic mass is 16.5. The second-order valence-corrected chi connectivity index (χ2v) is 5.78. The molecule has 0 aliphatic heterocycles. The summed E-state index contributed by atoms with van der Waals surface area (Å²) in [6.07, 6.45) is 2.42. The molecule has 1 aromatic heterocycles. The highest BCUT2D eigenvalue weighted by Gasteiger charge is 2.26. The topological polar surface area (TPSA) is 67.0 Å². The molecule has 0 bridgehead atoms. The molecule has 0 saturated heterocycles. The van der Waals surface area contributed by atoms with E-state index in [0.29, 0.717) is 11.7 Å². The van der Waals surface area contributed by atoms with E-state index >= 15 is 0 Å². The van der Waals surface area contributed by atoms with E-state index in [1.54, 1.807) is 0 Å². The highest BCUT2D eigenvalue weighted by Crippen LogP contribution is 2.39. The average molecular weight is 307 g/mol.